The number of nitrogens with zero attached hydrogens (tertiary/aromatic N) is 3. The number of aromatic nitrogens is 3. The lowest BCUT2D eigenvalue weighted by Gasteiger charge is -2.17. The highest BCUT2D eigenvalue weighted by Gasteiger charge is 2.45. The molecule has 3 rings (SSSR count). The van der Waals surface area contributed by atoms with E-state index in [1.54, 1.807) is 0 Å². The Morgan fingerprint density at radius 2 is 2.04 bits per heavy atom. The number of hydrogen-bond donors (Lipinski definition) is 6. The first kappa shape index (κ1) is 18.7. The van der Waals surface area contributed by atoms with E-state index in [0.717, 1.165) is 6.33 Å². The molecule has 1 fully saturated rings. The average molecular weight is 389 g/mol. The van der Waals surface area contributed by atoms with E-state index in [0.29, 0.717) is 0 Å². The van der Waals surface area contributed by atoms with Crippen molar-refractivity contribution in [3.05, 3.63) is 18.1 Å². The fraction of sp³-hybridized carbons (Fsp3) is 0.417. The van der Waals surface area contributed by atoms with Gasteiger partial charge in [0, 0.05) is 6.20 Å². The number of anilines is 1. The first-order valence-electron chi connectivity index (χ1n) is 7.22. The highest BCUT2D eigenvalue weighted by molar-refractivity contribution is 7.46. The predicted molar refractivity (Wildman–Crippen MR) is 84.4 cm³/mol. The molecule has 0 spiro atoms. The molecule has 13 nitrogen and oxygen atoms in total. The van der Waals surface area contributed by atoms with Crippen LogP contribution in [0.5, 0.6) is 0 Å². The van der Waals surface area contributed by atoms with Crippen LogP contribution in [0.1, 0.15) is 16.6 Å². The Bertz CT molecular complexity index is 897. The molecule has 1 saturated heterocycles. The van der Waals surface area contributed by atoms with Crippen LogP contribution in [0, 0.1) is 0 Å². The summed E-state index contributed by atoms with van der Waals surface area (Å²) < 4.78 is 21.8. The molecule has 14 heteroatoms. The van der Waals surface area contributed by atoms with Gasteiger partial charge in [0.05, 0.1) is 17.6 Å². The summed E-state index contributed by atoms with van der Waals surface area (Å²) in [6.45, 7) is -0.669. The van der Waals surface area contributed by atoms with Gasteiger partial charge in [0.1, 0.15) is 36.1 Å². The maximum atomic E-state index is 11.7. The first-order valence-corrected chi connectivity index (χ1v) is 8.75. The van der Waals surface area contributed by atoms with Crippen molar-refractivity contribution in [2.75, 3.05) is 12.3 Å². The molecule has 1 aliphatic heterocycles. The van der Waals surface area contributed by atoms with Gasteiger partial charge in [0.2, 0.25) is 0 Å². The molecule has 2 aromatic heterocycles. The highest BCUT2D eigenvalue weighted by atomic mass is 31.2. The second-order valence-corrected chi connectivity index (χ2v) is 6.84. The van der Waals surface area contributed by atoms with Crippen molar-refractivity contribution >= 4 is 30.6 Å². The van der Waals surface area contributed by atoms with Crippen molar-refractivity contribution in [3.8, 4) is 0 Å². The number of nitrogens with two attached hydrogens (primary N) is 2. The third-order valence-corrected chi connectivity index (χ3v) is 4.41. The molecular weight excluding hydrogens is 373 g/mol. The van der Waals surface area contributed by atoms with Gasteiger partial charge in [0.15, 0.2) is 6.23 Å². The molecule has 0 radical (unpaired) electrons. The van der Waals surface area contributed by atoms with E-state index < -0.39 is 44.9 Å². The van der Waals surface area contributed by atoms with Crippen LogP contribution < -0.4 is 11.5 Å². The second-order valence-electron chi connectivity index (χ2n) is 5.60. The lowest BCUT2D eigenvalue weighted by Crippen LogP contribution is -2.33. The lowest BCUT2D eigenvalue weighted by atomic mass is 10.1. The number of aliphatic hydroxyl groups is 2. The topological polar surface area (TPSA) is 216 Å². The molecule has 0 saturated carbocycles. The Morgan fingerprint density at radius 1 is 1.35 bits per heavy atom. The lowest BCUT2D eigenvalue weighted by molar-refractivity contribution is -0.0501. The Morgan fingerprint density at radius 3 is 2.65 bits per heavy atom. The van der Waals surface area contributed by atoms with Gasteiger partial charge in [-0.15, -0.1) is 0 Å². The minimum Gasteiger partial charge on any atom is -0.387 e. The largest absolute Gasteiger partial charge is 0.469 e. The molecule has 26 heavy (non-hydrogen) atoms. The van der Waals surface area contributed by atoms with Crippen LogP contribution in [0.2, 0.25) is 0 Å². The van der Waals surface area contributed by atoms with Crippen LogP contribution in [0.4, 0.5) is 5.82 Å². The maximum Gasteiger partial charge on any atom is 0.469 e. The Hall–Kier alpha value is -2.12. The number of ether oxygens (including phenoxy) is 1. The van der Waals surface area contributed by atoms with Crippen molar-refractivity contribution in [1.82, 2.24) is 14.5 Å². The molecule has 0 aromatic carbocycles. The van der Waals surface area contributed by atoms with Crippen molar-refractivity contribution in [3.63, 3.8) is 0 Å². The Labute approximate surface area is 145 Å². The zero-order valence-corrected chi connectivity index (χ0v) is 13.9. The maximum absolute atomic E-state index is 11.7. The average Bonchev–Trinajstić information content (AvgIpc) is 3.06. The quantitative estimate of drug-likeness (QED) is 0.303. The predicted octanol–water partition coefficient (Wildman–Crippen LogP) is -2.16. The fourth-order valence-corrected chi connectivity index (χ4v) is 3.10. The molecule has 3 heterocycles. The molecule has 4 atom stereocenters. The minimum absolute atomic E-state index is 0.0155. The van der Waals surface area contributed by atoms with Gasteiger partial charge in [0.25, 0.3) is 5.91 Å². The van der Waals surface area contributed by atoms with E-state index in [1.165, 1.54) is 10.8 Å². The van der Waals surface area contributed by atoms with Gasteiger partial charge in [-0.3, -0.25) is 9.32 Å². The van der Waals surface area contributed by atoms with E-state index in [4.69, 9.17) is 26.0 Å². The summed E-state index contributed by atoms with van der Waals surface area (Å²) in [5, 5.41) is 20.5. The van der Waals surface area contributed by atoms with E-state index in [2.05, 4.69) is 14.5 Å². The van der Waals surface area contributed by atoms with Crippen molar-refractivity contribution < 1.29 is 38.6 Å². The van der Waals surface area contributed by atoms with Crippen molar-refractivity contribution in [2.45, 2.75) is 24.5 Å². The molecule has 0 unspecified atom stereocenters. The fourth-order valence-electron chi connectivity index (χ4n) is 2.76. The van der Waals surface area contributed by atoms with Gasteiger partial charge in [-0.05, 0) is 0 Å². The normalized spacial score (nSPS) is 26.5. The monoisotopic (exact) mass is 389 g/mol. The number of fused-ring (bicyclic) bond motifs is 1. The molecule has 0 aliphatic carbocycles. The van der Waals surface area contributed by atoms with Crippen LogP contribution in [0.15, 0.2) is 12.5 Å². The zero-order valence-electron chi connectivity index (χ0n) is 13.0. The Kier molecular flexibility index (Phi) is 4.71. The second kappa shape index (κ2) is 6.55. The number of phosphoric acid groups is 1. The van der Waals surface area contributed by atoms with Crippen LogP contribution in [-0.2, 0) is 13.8 Å². The number of rotatable bonds is 5. The summed E-state index contributed by atoms with van der Waals surface area (Å²) in [5.74, 6) is -0.832. The number of phosphoric ester groups is 1. The number of amides is 1. The Balaban J connectivity index is 1.98. The number of carbonyl (C=O) groups excluding carboxylic acids is 1. The third kappa shape index (κ3) is 3.29. The SMILES string of the molecule is NC(=O)c1cn([C@@H]2O[C@H](COP(=O)(O)O)[C@@H](O)[C@H]2O)c2ncnc(N)c12. The number of aliphatic hydroxyl groups excluding tert-OH is 2. The van der Waals surface area contributed by atoms with E-state index >= 15 is 0 Å². The number of carbonyl (C=O) groups is 1. The van der Waals surface area contributed by atoms with Crippen molar-refractivity contribution in [1.29, 1.82) is 0 Å². The molecular formula is C12H16N5O8P. The van der Waals surface area contributed by atoms with Gasteiger partial charge >= 0.3 is 7.82 Å². The minimum atomic E-state index is -4.79. The van der Waals surface area contributed by atoms with E-state index in [1.807, 2.05) is 0 Å². The van der Waals surface area contributed by atoms with Gasteiger partial charge in [-0.25, -0.2) is 14.5 Å². The number of nitrogen functional groups attached to an aromatic ring is 1. The van der Waals surface area contributed by atoms with Crippen LogP contribution in [0.3, 0.4) is 0 Å². The zero-order chi connectivity index (χ0) is 19.2. The molecule has 1 amide bonds. The van der Waals surface area contributed by atoms with Crippen LogP contribution in [0.25, 0.3) is 11.0 Å². The third-order valence-electron chi connectivity index (χ3n) is 3.92. The van der Waals surface area contributed by atoms with Crippen LogP contribution >= 0.6 is 7.82 Å². The number of hydrogen-bond acceptors (Lipinski definition) is 9. The molecule has 1 aliphatic rings. The van der Waals surface area contributed by atoms with E-state index in [-0.39, 0.29) is 22.4 Å². The summed E-state index contributed by atoms with van der Waals surface area (Å²) >= 11 is 0. The number of primary amides is 1. The first-order chi connectivity index (χ1) is 12.1. The van der Waals surface area contributed by atoms with Gasteiger partial charge in [-0.1, -0.05) is 0 Å². The summed E-state index contributed by atoms with van der Waals surface area (Å²) in [6.07, 6.45) is -3.12. The summed E-state index contributed by atoms with van der Waals surface area (Å²) in [4.78, 5) is 36.9. The van der Waals surface area contributed by atoms with Gasteiger partial charge < -0.3 is 40.8 Å². The molecule has 8 N–H and O–H groups in total. The van der Waals surface area contributed by atoms with Crippen molar-refractivity contribution in [2.24, 2.45) is 5.73 Å². The van der Waals surface area contributed by atoms with Crippen LogP contribution in [-0.4, -0.2) is 65.4 Å². The standard InChI is InChI=1S/C12H16N5O8P/c13-9-6-4(10(14)20)1-17(11(6)16-3-15-9)12-8(19)7(18)5(25-12)2-24-26(21,22)23/h1,3,5,7-8,12,18-19H,2H2,(H2,14,20)(H2,13,15,16)(H2,21,22,23)/t5-,7-,8-,12-/m1/s1. The van der Waals surface area contributed by atoms with Gasteiger partial charge in [-0.2, -0.15) is 0 Å². The molecule has 142 valence electrons. The van der Waals surface area contributed by atoms with E-state index in [9.17, 15) is 19.6 Å². The smallest absolute Gasteiger partial charge is 0.387 e. The summed E-state index contributed by atoms with van der Waals surface area (Å²) in [5.41, 5.74) is 11.2. The molecule has 2 aromatic rings. The summed E-state index contributed by atoms with van der Waals surface area (Å²) in [6, 6.07) is 0. The summed E-state index contributed by atoms with van der Waals surface area (Å²) in [7, 11) is -4.79. The molecule has 0 bridgehead atoms. The highest BCUT2D eigenvalue weighted by Crippen LogP contribution is 2.39.